The van der Waals surface area contributed by atoms with Gasteiger partial charge in [0.05, 0.1) is 6.54 Å². The van der Waals surface area contributed by atoms with Crippen LogP contribution in [-0.2, 0) is 19.4 Å². The zero-order valence-corrected chi connectivity index (χ0v) is 17.7. The summed E-state index contributed by atoms with van der Waals surface area (Å²) in [5.41, 5.74) is 4.36. The standard InChI is InChI=1S/C23H27N7/c1-4-7-21-24-22(14-16(2)3)30(27-21)15-17-10-12-18(13-11-17)19-8-5-6-9-20(19)23-25-28-29-26-23/h5-6,8-13,16H,4,7,14-15H2,1-3H3,(H,25,26,28,29). The molecule has 0 saturated carbocycles. The third-order valence-corrected chi connectivity index (χ3v) is 4.97. The van der Waals surface area contributed by atoms with E-state index >= 15 is 0 Å². The van der Waals surface area contributed by atoms with Crippen LogP contribution in [0.5, 0.6) is 0 Å². The molecule has 154 valence electrons. The van der Waals surface area contributed by atoms with Crippen molar-refractivity contribution >= 4 is 0 Å². The lowest BCUT2D eigenvalue weighted by atomic mass is 9.98. The highest BCUT2D eigenvalue weighted by Crippen LogP contribution is 2.29. The van der Waals surface area contributed by atoms with Crippen molar-refractivity contribution in [1.82, 2.24) is 35.4 Å². The highest BCUT2D eigenvalue weighted by Gasteiger charge is 2.13. The summed E-state index contributed by atoms with van der Waals surface area (Å²) in [5.74, 6) is 3.16. The lowest BCUT2D eigenvalue weighted by Crippen LogP contribution is -2.09. The Balaban J connectivity index is 1.59. The topological polar surface area (TPSA) is 85.2 Å². The fourth-order valence-corrected chi connectivity index (χ4v) is 3.57. The van der Waals surface area contributed by atoms with E-state index in [0.29, 0.717) is 11.7 Å². The Morgan fingerprint density at radius 3 is 2.43 bits per heavy atom. The number of aryl methyl sites for hydroxylation is 1. The Hall–Kier alpha value is -3.35. The summed E-state index contributed by atoms with van der Waals surface area (Å²) < 4.78 is 2.06. The van der Waals surface area contributed by atoms with Crippen LogP contribution in [0, 0.1) is 5.92 Å². The van der Waals surface area contributed by atoms with Crippen LogP contribution in [0.2, 0.25) is 0 Å². The quantitative estimate of drug-likeness (QED) is 0.475. The minimum absolute atomic E-state index is 0.548. The number of H-pyrrole nitrogens is 1. The van der Waals surface area contributed by atoms with Gasteiger partial charge in [-0.1, -0.05) is 69.3 Å². The van der Waals surface area contributed by atoms with E-state index in [4.69, 9.17) is 10.1 Å². The molecule has 0 saturated heterocycles. The van der Waals surface area contributed by atoms with Crippen molar-refractivity contribution in [3.63, 3.8) is 0 Å². The summed E-state index contributed by atoms with van der Waals surface area (Å²) in [6, 6.07) is 16.7. The van der Waals surface area contributed by atoms with E-state index in [2.05, 4.69) is 76.4 Å². The maximum Gasteiger partial charge on any atom is 0.205 e. The largest absolute Gasteiger partial charge is 0.245 e. The van der Waals surface area contributed by atoms with Crippen LogP contribution < -0.4 is 0 Å². The number of tetrazole rings is 1. The first-order valence-corrected chi connectivity index (χ1v) is 10.5. The molecule has 7 nitrogen and oxygen atoms in total. The average molecular weight is 402 g/mol. The van der Waals surface area contributed by atoms with Gasteiger partial charge in [-0.2, -0.15) is 10.3 Å². The Morgan fingerprint density at radius 1 is 1.00 bits per heavy atom. The van der Waals surface area contributed by atoms with Crippen LogP contribution in [0.15, 0.2) is 48.5 Å². The molecule has 7 heteroatoms. The summed E-state index contributed by atoms with van der Waals surface area (Å²) in [6.07, 6.45) is 2.91. The SMILES string of the molecule is CCCc1nc(CC(C)C)n(Cc2ccc(-c3ccccc3-c3nn[nH]n3)cc2)n1. The maximum absolute atomic E-state index is 4.77. The first kappa shape index (κ1) is 19.9. The van der Waals surface area contributed by atoms with Crippen molar-refractivity contribution in [2.45, 2.75) is 46.6 Å². The minimum Gasteiger partial charge on any atom is -0.245 e. The molecule has 0 unspecified atom stereocenters. The average Bonchev–Trinajstić information content (AvgIpc) is 3.39. The normalized spacial score (nSPS) is 11.3. The van der Waals surface area contributed by atoms with Gasteiger partial charge in [0.15, 0.2) is 5.82 Å². The smallest absolute Gasteiger partial charge is 0.205 e. The van der Waals surface area contributed by atoms with Gasteiger partial charge in [0.25, 0.3) is 0 Å². The van der Waals surface area contributed by atoms with Crippen molar-refractivity contribution in [1.29, 1.82) is 0 Å². The van der Waals surface area contributed by atoms with Gasteiger partial charge in [-0.3, -0.25) is 0 Å². The molecule has 2 heterocycles. The Bertz CT molecular complexity index is 1080. The molecular formula is C23H27N7. The lowest BCUT2D eigenvalue weighted by Gasteiger charge is -2.10. The molecule has 1 N–H and O–H groups in total. The summed E-state index contributed by atoms with van der Waals surface area (Å²) in [7, 11) is 0. The number of nitrogens with zero attached hydrogens (tertiary/aromatic N) is 6. The van der Waals surface area contributed by atoms with E-state index < -0.39 is 0 Å². The van der Waals surface area contributed by atoms with Gasteiger partial charge in [-0.25, -0.2) is 9.67 Å². The summed E-state index contributed by atoms with van der Waals surface area (Å²) in [5, 5.41) is 19.2. The number of rotatable bonds is 8. The van der Waals surface area contributed by atoms with Crippen molar-refractivity contribution in [2.24, 2.45) is 5.92 Å². The van der Waals surface area contributed by atoms with Crippen molar-refractivity contribution in [3.05, 3.63) is 65.7 Å². The molecule has 0 aliphatic heterocycles. The molecule has 4 rings (SSSR count). The highest BCUT2D eigenvalue weighted by molar-refractivity contribution is 5.80. The van der Waals surface area contributed by atoms with Gasteiger partial charge in [0.1, 0.15) is 5.82 Å². The molecule has 0 spiro atoms. The Kier molecular flexibility index (Phi) is 5.97. The molecule has 2 aromatic carbocycles. The summed E-state index contributed by atoms with van der Waals surface area (Å²) in [4.78, 5) is 4.77. The van der Waals surface area contributed by atoms with Gasteiger partial charge >= 0.3 is 0 Å². The first-order chi connectivity index (χ1) is 14.6. The predicted octanol–water partition coefficient (Wildman–Crippen LogP) is 4.32. The molecule has 0 atom stereocenters. The summed E-state index contributed by atoms with van der Waals surface area (Å²) >= 11 is 0. The van der Waals surface area contributed by atoms with Crippen LogP contribution >= 0.6 is 0 Å². The molecule has 2 aromatic heterocycles. The fraction of sp³-hybridized carbons (Fsp3) is 0.348. The van der Waals surface area contributed by atoms with Crippen LogP contribution in [0.3, 0.4) is 0 Å². The molecule has 0 fully saturated rings. The van der Waals surface area contributed by atoms with Crippen LogP contribution in [0.4, 0.5) is 0 Å². The first-order valence-electron chi connectivity index (χ1n) is 10.5. The molecule has 0 aliphatic rings. The second-order valence-electron chi connectivity index (χ2n) is 7.93. The minimum atomic E-state index is 0.548. The van der Waals surface area contributed by atoms with Gasteiger partial charge in [-0.15, -0.1) is 10.2 Å². The molecular weight excluding hydrogens is 374 g/mol. The van der Waals surface area contributed by atoms with Crippen LogP contribution in [-0.4, -0.2) is 35.4 Å². The van der Waals surface area contributed by atoms with E-state index in [0.717, 1.165) is 54.1 Å². The van der Waals surface area contributed by atoms with E-state index in [1.54, 1.807) is 0 Å². The fourth-order valence-electron chi connectivity index (χ4n) is 3.57. The van der Waals surface area contributed by atoms with Gasteiger partial charge < -0.3 is 0 Å². The van der Waals surface area contributed by atoms with Gasteiger partial charge in [0, 0.05) is 18.4 Å². The number of benzene rings is 2. The third-order valence-electron chi connectivity index (χ3n) is 4.97. The molecule has 4 aromatic rings. The molecule has 0 amide bonds. The van der Waals surface area contributed by atoms with Crippen molar-refractivity contribution in [2.75, 3.05) is 0 Å². The Labute approximate surface area is 176 Å². The van der Waals surface area contributed by atoms with E-state index in [9.17, 15) is 0 Å². The van der Waals surface area contributed by atoms with Crippen molar-refractivity contribution in [3.8, 4) is 22.5 Å². The van der Waals surface area contributed by atoms with E-state index in [-0.39, 0.29) is 0 Å². The second kappa shape index (κ2) is 8.98. The predicted molar refractivity (Wildman–Crippen MR) is 117 cm³/mol. The van der Waals surface area contributed by atoms with Gasteiger partial charge in [0.2, 0.25) is 5.82 Å². The summed E-state index contributed by atoms with van der Waals surface area (Å²) in [6.45, 7) is 7.32. The monoisotopic (exact) mass is 401 g/mol. The third kappa shape index (κ3) is 4.45. The van der Waals surface area contributed by atoms with Crippen molar-refractivity contribution < 1.29 is 0 Å². The lowest BCUT2D eigenvalue weighted by molar-refractivity contribution is 0.562. The maximum atomic E-state index is 4.77. The zero-order chi connectivity index (χ0) is 20.9. The molecule has 0 radical (unpaired) electrons. The number of nitrogens with one attached hydrogen (secondary N) is 1. The van der Waals surface area contributed by atoms with Crippen LogP contribution in [0.25, 0.3) is 22.5 Å². The highest BCUT2D eigenvalue weighted by atomic mass is 15.5. The number of hydrogen-bond acceptors (Lipinski definition) is 5. The molecule has 0 aliphatic carbocycles. The molecule has 0 bridgehead atoms. The second-order valence-corrected chi connectivity index (χ2v) is 7.93. The molecule has 30 heavy (non-hydrogen) atoms. The number of hydrogen-bond donors (Lipinski definition) is 1. The van der Waals surface area contributed by atoms with E-state index in [1.165, 1.54) is 5.56 Å². The Morgan fingerprint density at radius 2 is 1.77 bits per heavy atom. The zero-order valence-electron chi connectivity index (χ0n) is 17.7. The number of aromatic nitrogens is 7. The van der Waals surface area contributed by atoms with E-state index in [1.807, 2.05) is 18.2 Å². The number of aromatic amines is 1. The van der Waals surface area contributed by atoms with Crippen LogP contribution in [0.1, 0.15) is 44.4 Å². The van der Waals surface area contributed by atoms with Gasteiger partial charge in [-0.05, 0) is 34.2 Å².